The summed E-state index contributed by atoms with van der Waals surface area (Å²) >= 11 is 0. The van der Waals surface area contributed by atoms with E-state index < -0.39 is 6.10 Å². The second-order valence-corrected chi connectivity index (χ2v) is 6.67. The van der Waals surface area contributed by atoms with Gasteiger partial charge in [0.05, 0.1) is 0 Å². The molecule has 2 amide bonds. The Kier molecular flexibility index (Phi) is 6.84. The maximum Gasteiger partial charge on any atom is 0.260 e. The number of piperazine rings is 1. The van der Waals surface area contributed by atoms with Gasteiger partial charge >= 0.3 is 0 Å². The SMILES string of the molecule is CC(Oc1ccccc1)C(=O)NCCC(=O)N1CCN(c2ccccn2)CC1. The Labute approximate surface area is 165 Å². The summed E-state index contributed by atoms with van der Waals surface area (Å²) in [6.45, 7) is 4.85. The molecule has 1 aliphatic rings. The van der Waals surface area contributed by atoms with Crippen molar-refractivity contribution in [3.63, 3.8) is 0 Å². The van der Waals surface area contributed by atoms with Crippen molar-refractivity contribution in [2.45, 2.75) is 19.4 Å². The van der Waals surface area contributed by atoms with E-state index in [2.05, 4.69) is 15.2 Å². The first-order valence-electron chi connectivity index (χ1n) is 9.56. The van der Waals surface area contributed by atoms with Crippen LogP contribution in [0, 0.1) is 0 Å². The van der Waals surface area contributed by atoms with Gasteiger partial charge in [-0.15, -0.1) is 0 Å². The lowest BCUT2D eigenvalue weighted by Gasteiger charge is -2.35. The molecule has 1 saturated heterocycles. The van der Waals surface area contributed by atoms with Crippen LogP contribution in [-0.4, -0.2) is 60.5 Å². The molecule has 2 heterocycles. The van der Waals surface area contributed by atoms with Crippen molar-refractivity contribution < 1.29 is 14.3 Å². The largest absolute Gasteiger partial charge is 0.481 e. The molecule has 148 valence electrons. The fraction of sp³-hybridized carbons (Fsp3) is 0.381. The molecule has 0 bridgehead atoms. The Hall–Kier alpha value is -3.09. The minimum atomic E-state index is -0.612. The van der Waals surface area contributed by atoms with E-state index in [0.29, 0.717) is 25.4 Å². The Bertz CT molecular complexity index is 762. The first-order chi connectivity index (χ1) is 13.6. The summed E-state index contributed by atoms with van der Waals surface area (Å²) < 4.78 is 5.58. The van der Waals surface area contributed by atoms with Gasteiger partial charge < -0.3 is 19.9 Å². The van der Waals surface area contributed by atoms with Crippen molar-refractivity contribution in [2.24, 2.45) is 0 Å². The molecular formula is C21H26N4O3. The smallest absolute Gasteiger partial charge is 0.260 e. The number of hydrogen-bond acceptors (Lipinski definition) is 5. The van der Waals surface area contributed by atoms with Crippen molar-refractivity contribution in [1.82, 2.24) is 15.2 Å². The van der Waals surface area contributed by atoms with Crippen molar-refractivity contribution in [3.05, 3.63) is 54.7 Å². The molecule has 0 aliphatic carbocycles. The molecule has 3 rings (SSSR count). The molecule has 1 aliphatic heterocycles. The summed E-state index contributed by atoms with van der Waals surface area (Å²) in [5.41, 5.74) is 0. The first kappa shape index (κ1) is 19.7. The Balaban J connectivity index is 1.36. The van der Waals surface area contributed by atoms with Gasteiger partial charge in [0.2, 0.25) is 5.91 Å². The van der Waals surface area contributed by atoms with E-state index in [1.807, 2.05) is 41.3 Å². The molecule has 1 aromatic carbocycles. The number of aromatic nitrogens is 1. The average Bonchev–Trinajstić information content (AvgIpc) is 2.75. The van der Waals surface area contributed by atoms with Crippen LogP contribution in [0.4, 0.5) is 5.82 Å². The number of nitrogens with zero attached hydrogens (tertiary/aromatic N) is 3. The molecule has 0 radical (unpaired) electrons. The molecule has 28 heavy (non-hydrogen) atoms. The van der Waals surface area contributed by atoms with Crippen molar-refractivity contribution in [2.75, 3.05) is 37.6 Å². The highest BCUT2D eigenvalue weighted by Gasteiger charge is 2.22. The van der Waals surface area contributed by atoms with Crippen LogP contribution in [-0.2, 0) is 9.59 Å². The van der Waals surface area contributed by atoms with Crippen LogP contribution in [0.2, 0.25) is 0 Å². The highest BCUT2D eigenvalue weighted by molar-refractivity contribution is 5.82. The normalized spacial score (nSPS) is 15.0. The zero-order valence-corrected chi connectivity index (χ0v) is 16.1. The summed E-state index contributed by atoms with van der Waals surface area (Å²) in [5.74, 6) is 1.41. The zero-order valence-electron chi connectivity index (χ0n) is 16.1. The molecule has 1 N–H and O–H groups in total. The lowest BCUT2D eigenvalue weighted by molar-refractivity contribution is -0.131. The second-order valence-electron chi connectivity index (χ2n) is 6.67. The van der Waals surface area contributed by atoms with Gasteiger partial charge in [0.15, 0.2) is 6.10 Å². The third-order valence-corrected chi connectivity index (χ3v) is 4.67. The summed E-state index contributed by atoms with van der Waals surface area (Å²) in [4.78, 5) is 32.9. The number of hydrogen-bond donors (Lipinski definition) is 1. The van der Waals surface area contributed by atoms with Gasteiger partial charge in [0.1, 0.15) is 11.6 Å². The number of rotatable bonds is 7. The Morgan fingerprint density at radius 3 is 2.46 bits per heavy atom. The van der Waals surface area contributed by atoms with Crippen LogP contribution in [0.25, 0.3) is 0 Å². The predicted octanol–water partition coefficient (Wildman–Crippen LogP) is 1.70. The van der Waals surface area contributed by atoms with Crippen molar-refractivity contribution in [3.8, 4) is 5.75 Å². The van der Waals surface area contributed by atoms with Crippen LogP contribution < -0.4 is 15.0 Å². The lowest BCUT2D eigenvalue weighted by atomic mass is 10.2. The van der Waals surface area contributed by atoms with E-state index in [4.69, 9.17) is 4.74 Å². The number of benzene rings is 1. The summed E-state index contributed by atoms with van der Waals surface area (Å²) in [6, 6.07) is 15.0. The number of carbonyl (C=O) groups excluding carboxylic acids is 2. The lowest BCUT2D eigenvalue weighted by Crippen LogP contribution is -2.49. The molecule has 1 atom stereocenters. The van der Waals surface area contributed by atoms with E-state index in [-0.39, 0.29) is 18.2 Å². The van der Waals surface area contributed by atoms with Crippen LogP contribution in [0.1, 0.15) is 13.3 Å². The Morgan fingerprint density at radius 1 is 1.07 bits per heavy atom. The highest BCUT2D eigenvalue weighted by Crippen LogP contribution is 2.13. The molecule has 1 aromatic heterocycles. The van der Waals surface area contributed by atoms with E-state index in [1.54, 1.807) is 25.3 Å². The summed E-state index contributed by atoms with van der Waals surface area (Å²) in [7, 11) is 0. The van der Waals surface area contributed by atoms with Gasteiger partial charge in [-0.05, 0) is 31.2 Å². The molecule has 1 fully saturated rings. The Morgan fingerprint density at radius 2 is 1.79 bits per heavy atom. The molecule has 2 aromatic rings. The molecule has 1 unspecified atom stereocenters. The fourth-order valence-corrected chi connectivity index (χ4v) is 3.08. The van der Waals surface area contributed by atoms with Gasteiger partial charge in [-0.25, -0.2) is 4.98 Å². The molecule has 7 nitrogen and oxygen atoms in total. The number of pyridine rings is 1. The monoisotopic (exact) mass is 382 g/mol. The maximum atomic E-state index is 12.4. The summed E-state index contributed by atoms with van der Waals surface area (Å²) in [6.07, 6.45) is 1.45. The minimum Gasteiger partial charge on any atom is -0.481 e. The standard InChI is InChI=1S/C21H26N4O3/c1-17(28-18-7-3-2-4-8-18)21(27)23-12-10-20(26)25-15-13-24(14-16-25)19-9-5-6-11-22-19/h2-9,11,17H,10,12-16H2,1H3,(H,23,27). The van der Waals surface area contributed by atoms with E-state index in [0.717, 1.165) is 18.9 Å². The summed E-state index contributed by atoms with van der Waals surface area (Å²) in [5, 5.41) is 2.78. The van der Waals surface area contributed by atoms with Crippen LogP contribution in [0.3, 0.4) is 0 Å². The van der Waals surface area contributed by atoms with E-state index in [1.165, 1.54) is 0 Å². The molecule has 0 saturated carbocycles. The highest BCUT2D eigenvalue weighted by atomic mass is 16.5. The van der Waals surface area contributed by atoms with Gasteiger partial charge in [-0.2, -0.15) is 0 Å². The predicted molar refractivity (Wildman–Crippen MR) is 107 cm³/mol. The molecule has 7 heteroatoms. The van der Waals surface area contributed by atoms with Gasteiger partial charge in [-0.3, -0.25) is 9.59 Å². The number of amides is 2. The molecular weight excluding hydrogens is 356 g/mol. The second kappa shape index (κ2) is 9.73. The quantitative estimate of drug-likeness (QED) is 0.789. The fourth-order valence-electron chi connectivity index (χ4n) is 3.08. The van der Waals surface area contributed by atoms with Crippen LogP contribution in [0.15, 0.2) is 54.7 Å². The topological polar surface area (TPSA) is 74.8 Å². The number of para-hydroxylation sites is 1. The van der Waals surface area contributed by atoms with Crippen molar-refractivity contribution in [1.29, 1.82) is 0 Å². The number of carbonyl (C=O) groups is 2. The molecule has 0 spiro atoms. The van der Waals surface area contributed by atoms with E-state index in [9.17, 15) is 9.59 Å². The average molecular weight is 382 g/mol. The number of anilines is 1. The third kappa shape index (κ3) is 5.45. The van der Waals surface area contributed by atoms with Crippen LogP contribution >= 0.6 is 0 Å². The zero-order chi connectivity index (χ0) is 19.8. The first-order valence-corrected chi connectivity index (χ1v) is 9.56. The van der Waals surface area contributed by atoms with Gasteiger partial charge in [0.25, 0.3) is 5.91 Å². The van der Waals surface area contributed by atoms with Crippen molar-refractivity contribution >= 4 is 17.6 Å². The van der Waals surface area contributed by atoms with Gasteiger partial charge in [0, 0.05) is 45.3 Å². The van der Waals surface area contributed by atoms with E-state index >= 15 is 0 Å². The third-order valence-electron chi connectivity index (χ3n) is 4.67. The van der Waals surface area contributed by atoms with Gasteiger partial charge in [-0.1, -0.05) is 24.3 Å². The maximum absolute atomic E-state index is 12.4. The van der Waals surface area contributed by atoms with Crippen LogP contribution in [0.5, 0.6) is 5.75 Å². The minimum absolute atomic E-state index is 0.0533. The number of ether oxygens (including phenoxy) is 1. The number of nitrogens with one attached hydrogen (secondary N) is 1.